The third-order valence-corrected chi connectivity index (χ3v) is 6.30. The van der Waals surface area contributed by atoms with E-state index in [9.17, 15) is 24.4 Å². The summed E-state index contributed by atoms with van der Waals surface area (Å²) in [4.78, 5) is 54.5. The molecule has 0 aromatic carbocycles. The Labute approximate surface area is 243 Å². The summed E-state index contributed by atoms with van der Waals surface area (Å²) in [6.07, 6.45) is -4.39. The Morgan fingerprint density at radius 1 is 1.02 bits per heavy atom. The van der Waals surface area contributed by atoms with Crippen molar-refractivity contribution in [1.82, 2.24) is 14.6 Å². The zero-order valence-corrected chi connectivity index (χ0v) is 24.9. The van der Waals surface area contributed by atoms with Crippen LogP contribution < -0.4 is 5.32 Å². The van der Waals surface area contributed by atoms with Crippen LogP contribution in [0.15, 0.2) is 18.5 Å². The van der Waals surface area contributed by atoms with Gasteiger partial charge in [-0.05, 0) is 26.0 Å². The molecule has 1 aliphatic rings. The number of rotatable bonds is 10. The monoisotopic (exact) mass is 587 g/mol. The van der Waals surface area contributed by atoms with Crippen molar-refractivity contribution in [2.45, 2.75) is 85.4 Å². The van der Waals surface area contributed by atoms with Crippen LogP contribution in [0, 0.1) is 29.1 Å². The number of carbonyl (C=O) groups is 4. The van der Waals surface area contributed by atoms with E-state index in [0.29, 0.717) is 5.52 Å². The molecule has 2 aromatic rings. The number of aromatic nitrogens is 3. The Kier molecular flexibility index (Phi) is 10.1. The Balaban J connectivity index is 2.16. The molecule has 0 spiro atoms. The Morgan fingerprint density at radius 3 is 2.24 bits per heavy atom. The summed E-state index contributed by atoms with van der Waals surface area (Å²) in [6, 6.07) is 5.17. The van der Waals surface area contributed by atoms with Crippen molar-refractivity contribution in [1.29, 1.82) is 5.26 Å². The molecule has 1 amide bonds. The molecule has 1 saturated heterocycles. The fourth-order valence-corrected chi connectivity index (χ4v) is 4.05. The van der Waals surface area contributed by atoms with Crippen LogP contribution in [0.2, 0.25) is 0 Å². The molecule has 14 nitrogen and oxygen atoms in total. The highest BCUT2D eigenvalue weighted by atomic mass is 16.7. The van der Waals surface area contributed by atoms with Gasteiger partial charge in [0.1, 0.15) is 30.6 Å². The Bertz CT molecular complexity index is 1360. The van der Waals surface area contributed by atoms with Crippen molar-refractivity contribution in [3.63, 3.8) is 0 Å². The largest absolute Gasteiger partial charge is 0.508 e. The van der Waals surface area contributed by atoms with Gasteiger partial charge in [0.25, 0.3) is 0 Å². The Hall–Kier alpha value is -4.25. The average Bonchev–Trinajstić information content (AvgIpc) is 3.47. The maximum absolute atomic E-state index is 12.9. The first-order chi connectivity index (χ1) is 19.7. The molecule has 1 N–H and O–H groups in total. The number of anilines is 1. The number of amides is 1. The second kappa shape index (κ2) is 13.2. The minimum Gasteiger partial charge on any atom is -0.455 e. The summed E-state index contributed by atoms with van der Waals surface area (Å²) in [5, 5.41) is 17.6. The van der Waals surface area contributed by atoms with Gasteiger partial charge in [0, 0.05) is 5.92 Å². The predicted octanol–water partition coefficient (Wildman–Crippen LogP) is 3.14. The van der Waals surface area contributed by atoms with Crippen molar-refractivity contribution in [3.05, 3.63) is 24.2 Å². The van der Waals surface area contributed by atoms with Gasteiger partial charge < -0.3 is 29.0 Å². The molecule has 4 atom stereocenters. The molecule has 0 unspecified atom stereocenters. The molecule has 2 aromatic heterocycles. The molecule has 42 heavy (non-hydrogen) atoms. The fraction of sp³-hybridized carbons (Fsp3) is 0.607. The SMILES string of the molecule is CC(C)OC(=O)OC[C@H]1O[C@@](C#N)(c2ccc3c(NC(=O)C(C)C)ncnn23)[C@H](OC(=O)C(C)C)[C@@H]1OC(=O)C(C)C. The lowest BCUT2D eigenvalue weighted by atomic mass is 9.92. The molecular weight excluding hydrogens is 550 g/mol. The molecule has 0 saturated carbocycles. The van der Waals surface area contributed by atoms with E-state index in [2.05, 4.69) is 21.5 Å². The molecule has 14 heteroatoms. The summed E-state index contributed by atoms with van der Waals surface area (Å²) in [7, 11) is 0. The number of carbonyl (C=O) groups excluding carboxylic acids is 4. The van der Waals surface area contributed by atoms with Crippen LogP contribution in [0.3, 0.4) is 0 Å². The minimum atomic E-state index is -2.09. The van der Waals surface area contributed by atoms with Gasteiger partial charge >= 0.3 is 18.1 Å². The Morgan fingerprint density at radius 2 is 1.67 bits per heavy atom. The smallest absolute Gasteiger partial charge is 0.455 e. The van der Waals surface area contributed by atoms with Crippen molar-refractivity contribution in [3.8, 4) is 6.07 Å². The van der Waals surface area contributed by atoms with E-state index in [0.717, 1.165) is 0 Å². The summed E-state index contributed by atoms with van der Waals surface area (Å²) >= 11 is 0. The molecule has 0 aliphatic carbocycles. The molecular formula is C28H37N5O9. The summed E-state index contributed by atoms with van der Waals surface area (Å²) in [6.45, 7) is 12.7. The van der Waals surface area contributed by atoms with Crippen molar-refractivity contribution in [2.24, 2.45) is 17.8 Å². The van der Waals surface area contributed by atoms with E-state index in [1.54, 1.807) is 61.5 Å². The first-order valence-corrected chi connectivity index (χ1v) is 13.7. The highest BCUT2D eigenvalue weighted by molar-refractivity contribution is 5.94. The van der Waals surface area contributed by atoms with Crippen LogP contribution in [0.25, 0.3) is 5.52 Å². The second-order valence-corrected chi connectivity index (χ2v) is 11.1. The van der Waals surface area contributed by atoms with Crippen molar-refractivity contribution >= 4 is 35.3 Å². The highest BCUT2D eigenvalue weighted by Gasteiger charge is 2.63. The number of ether oxygens (including phenoxy) is 5. The summed E-state index contributed by atoms with van der Waals surface area (Å²) in [5.41, 5.74) is -1.67. The number of esters is 2. The topological polar surface area (TPSA) is 180 Å². The van der Waals surface area contributed by atoms with Gasteiger partial charge in [-0.25, -0.2) is 14.3 Å². The molecule has 3 rings (SSSR count). The van der Waals surface area contributed by atoms with Crippen LogP contribution in [0.4, 0.5) is 10.6 Å². The maximum atomic E-state index is 12.9. The van der Waals surface area contributed by atoms with Gasteiger partial charge in [0.15, 0.2) is 18.0 Å². The van der Waals surface area contributed by atoms with Crippen LogP contribution in [-0.4, -0.2) is 69.6 Å². The van der Waals surface area contributed by atoms with Gasteiger partial charge in [0.2, 0.25) is 11.5 Å². The number of hydrogen-bond donors (Lipinski definition) is 1. The van der Waals surface area contributed by atoms with E-state index in [1.165, 1.54) is 16.9 Å². The van der Waals surface area contributed by atoms with Crippen molar-refractivity contribution < 1.29 is 42.9 Å². The fourth-order valence-electron chi connectivity index (χ4n) is 4.05. The van der Waals surface area contributed by atoms with E-state index in [-0.39, 0.29) is 23.3 Å². The molecule has 0 bridgehead atoms. The number of nitrogens with one attached hydrogen (secondary N) is 1. The van der Waals surface area contributed by atoms with Gasteiger partial charge in [-0.1, -0.05) is 41.5 Å². The predicted molar refractivity (Wildman–Crippen MR) is 146 cm³/mol. The van der Waals surface area contributed by atoms with E-state index in [1.807, 2.05) is 0 Å². The van der Waals surface area contributed by atoms with Crippen LogP contribution in [0.5, 0.6) is 0 Å². The summed E-state index contributed by atoms with van der Waals surface area (Å²) < 4.78 is 29.4. The number of hydrogen-bond acceptors (Lipinski definition) is 12. The second-order valence-electron chi connectivity index (χ2n) is 11.1. The molecule has 0 radical (unpaired) electrons. The van der Waals surface area contributed by atoms with Crippen LogP contribution in [-0.2, 0) is 43.7 Å². The zero-order valence-electron chi connectivity index (χ0n) is 24.9. The standard InChI is InChI=1S/C28H37N5O9/c1-14(2)24(34)32-23-18-9-10-20(33(18)31-13-30-23)28(12-29)22(41-26(36)16(5)6)21(40-25(35)15(3)4)19(42-28)11-38-27(37)39-17(7)8/h9-10,13-17,19,21-22H,11H2,1-8H3,(H,30,31,32,34)/t19-,21-,22-,28+/m1/s1. The lowest BCUT2D eigenvalue weighted by Crippen LogP contribution is -2.47. The first kappa shape index (κ1) is 32.3. The molecule has 228 valence electrons. The molecule has 1 fully saturated rings. The minimum absolute atomic E-state index is 0.0989. The van der Waals surface area contributed by atoms with Gasteiger partial charge in [-0.15, -0.1) is 0 Å². The lowest BCUT2D eigenvalue weighted by molar-refractivity contribution is -0.173. The van der Waals surface area contributed by atoms with Crippen LogP contribution >= 0.6 is 0 Å². The average molecular weight is 588 g/mol. The van der Waals surface area contributed by atoms with E-state index in [4.69, 9.17) is 23.7 Å². The van der Waals surface area contributed by atoms with Gasteiger partial charge in [-0.3, -0.25) is 14.4 Å². The third-order valence-electron chi connectivity index (χ3n) is 6.30. The van der Waals surface area contributed by atoms with Crippen molar-refractivity contribution in [2.75, 3.05) is 11.9 Å². The highest BCUT2D eigenvalue weighted by Crippen LogP contribution is 2.44. The summed E-state index contributed by atoms with van der Waals surface area (Å²) in [5.74, 6) is -2.98. The quantitative estimate of drug-likeness (QED) is 0.317. The lowest BCUT2D eigenvalue weighted by Gasteiger charge is -2.29. The number of fused-ring (bicyclic) bond motifs is 1. The number of nitrogens with zero attached hydrogens (tertiary/aromatic N) is 4. The molecule has 3 heterocycles. The maximum Gasteiger partial charge on any atom is 0.508 e. The van der Waals surface area contributed by atoms with E-state index >= 15 is 0 Å². The normalized spacial score (nSPS) is 21.9. The number of nitriles is 1. The van der Waals surface area contributed by atoms with Gasteiger partial charge in [0.05, 0.1) is 23.6 Å². The zero-order chi connectivity index (χ0) is 31.4. The van der Waals surface area contributed by atoms with E-state index < -0.39 is 66.6 Å². The first-order valence-electron chi connectivity index (χ1n) is 13.7. The van der Waals surface area contributed by atoms with Crippen LogP contribution in [0.1, 0.15) is 61.1 Å². The third kappa shape index (κ3) is 6.79. The molecule has 1 aliphatic heterocycles. The van der Waals surface area contributed by atoms with Gasteiger partial charge in [-0.2, -0.15) is 10.4 Å².